The zero-order chi connectivity index (χ0) is 11.8. The van der Waals surface area contributed by atoms with E-state index >= 15 is 0 Å². The van der Waals surface area contributed by atoms with Crippen LogP contribution in [-0.4, -0.2) is 13.1 Å². The lowest BCUT2D eigenvalue weighted by atomic mass is 9.78. The molecule has 0 amide bonds. The summed E-state index contributed by atoms with van der Waals surface area (Å²) < 4.78 is 0. The molecule has 1 aliphatic heterocycles. The minimum Gasteiger partial charge on any atom is -0.399 e. The average Bonchev–Trinajstić information content (AvgIpc) is 2.32. The Morgan fingerprint density at radius 3 is 2.53 bits per heavy atom. The summed E-state index contributed by atoms with van der Waals surface area (Å²) in [5.74, 6) is 1.86. The predicted octanol–water partition coefficient (Wildman–Crippen LogP) is 3.20. The van der Waals surface area contributed by atoms with Crippen LogP contribution in [0.1, 0.15) is 31.2 Å². The predicted molar refractivity (Wildman–Crippen MR) is 73.3 cm³/mol. The Bertz CT molecular complexity index is 401. The monoisotopic (exact) mass is 230 g/mol. The Morgan fingerprint density at radius 1 is 1.18 bits per heavy atom. The topological polar surface area (TPSA) is 29.3 Å². The molecule has 2 heteroatoms. The molecule has 92 valence electrons. The van der Waals surface area contributed by atoms with Gasteiger partial charge < -0.3 is 10.6 Å². The summed E-state index contributed by atoms with van der Waals surface area (Å²) in [4.78, 5) is 2.57. The molecule has 17 heavy (non-hydrogen) atoms. The van der Waals surface area contributed by atoms with E-state index in [9.17, 15) is 0 Å². The van der Waals surface area contributed by atoms with Gasteiger partial charge in [0, 0.05) is 24.5 Å². The molecule has 1 saturated carbocycles. The van der Waals surface area contributed by atoms with E-state index in [4.69, 9.17) is 5.73 Å². The van der Waals surface area contributed by atoms with Crippen molar-refractivity contribution in [1.29, 1.82) is 0 Å². The quantitative estimate of drug-likeness (QED) is 0.751. The van der Waals surface area contributed by atoms with E-state index in [2.05, 4.69) is 30.0 Å². The smallest absolute Gasteiger partial charge is 0.0370 e. The Kier molecular flexibility index (Phi) is 2.73. The molecule has 1 aromatic rings. The van der Waals surface area contributed by atoms with Gasteiger partial charge in [-0.3, -0.25) is 0 Å². The lowest BCUT2D eigenvalue weighted by Crippen LogP contribution is -2.42. The third kappa shape index (κ3) is 2.13. The van der Waals surface area contributed by atoms with Crippen molar-refractivity contribution in [3.63, 3.8) is 0 Å². The average molecular weight is 230 g/mol. The van der Waals surface area contributed by atoms with E-state index in [0.29, 0.717) is 0 Å². The Hall–Kier alpha value is -1.18. The van der Waals surface area contributed by atoms with Gasteiger partial charge in [-0.1, -0.05) is 6.42 Å². The number of benzene rings is 1. The minimum absolute atomic E-state index is 0.908. The second kappa shape index (κ2) is 4.25. The second-order valence-electron chi connectivity index (χ2n) is 5.84. The van der Waals surface area contributed by atoms with Crippen LogP contribution in [0.25, 0.3) is 0 Å². The first-order valence-electron chi connectivity index (χ1n) is 6.83. The maximum atomic E-state index is 5.89. The van der Waals surface area contributed by atoms with Crippen LogP contribution < -0.4 is 10.6 Å². The van der Waals surface area contributed by atoms with Gasteiger partial charge in [0.2, 0.25) is 0 Å². The van der Waals surface area contributed by atoms with Crippen LogP contribution in [0.2, 0.25) is 0 Å². The van der Waals surface area contributed by atoms with Crippen molar-refractivity contribution in [2.75, 3.05) is 23.7 Å². The fourth-order valence-electron chi connectivity index (χ4n) is 3.50. The number of anilines is 2. The van der Waals surface area contributed by atoms with Crippen molar-refractivity contribution in [2.45, 2.75) is 32.6 Å². The molecule has 2 aliphatic rings. The molecule has 0 radical (unpaired) electrons. The molecular formula is C15H22N2. The molecule has 2 bridgehead atoms. The molecule has 0 aromatic heterocycles. The van der Waals surface area contributed by atoms with Crippen LogP contribution in [0, 0.1) is 18.8 Å². The van der Waals surface area contributed by atoms with Crippen LogP contribution in [0.5, 0.6) is 0 Å². The van der Waals surface area contributed by atoms with Crippen molar-refractivity contribution < 1.29 is 0 Å². The first-order chi connectivity index (χ1) is 8.22. The fourth-order valence-corrected chi connectivity index (χ4v) is 3.50. The number of nitrogens with two attached hydrogens (primary N) is 1. The van der Waals surface area contributed by atoms with E-state index < -0.39 is 0 Å². The number of hydrogen-bond acceptors (Lipinski definition) is 2. The van der Waals surface area contributed by atoms with E-state index in [1.165, 1.54) is 50.0 Å². The third-order valence-corrected chi connectivity index (χ3v) is 4.47. The molecule has 2 atom stereocenters. The van der Waals surface area contributed by atoms with Crippen LogP contribution in [0.15, 0.2) is 18.2 Å². The van der Waals surface area contributed by atoms with Gasteiger partial charge in [0.05, 0.1) is 0 Å². The third-order valence-electron chi connectivity index (χ3n) is 4.47. The highest BCUT2D eigenvalue weighted by molar-refractivity contribution is 5.58. The van der Waals surface area contributed by atoms with E-state index in [1.54, 1.807) is 0 Å². The van der Waals surface area contributed by atoms with Gasteiger partial charge in [0.25, 0.3) is 0 Å². The number of hydrogen-bond donors (Lipinski definition) is 1. The van der Waals surface area contributed by atoms with Crippen LogP contribution in [-0.2, 0) is 0 Å². The summed E-state index contributed by atoms with van der Waals surface area (Å²) in [5.41, 5.74) is 9.38. The molecule has 2 nitrogen and oxygen atoms in total. The number of aryl methyl sites for hydroxylation is 1. The fraction of sp³-hybridized carbons (Fsp3) is 0.600. The van der Waals surface area contributed by atoms with Gasteiger partial charge in [-0.25, -0.2) is 0 Å². The largest absolute Gasteiger partial charge is 0.399 e. The highest BCUT2D eigenvalue weighted by Gasteiger charge is 2.30. The second-order valence-corrected chi connectivity index (χ2v) is 5.84. The first-order valence-corrected chi connectivity index (χ1v) is 6.83. The molecule has 1 heterocycles. The summed E-state index contributed by atoms with van der Waals surface area (Å²) in [6.45, 7) is 4.60. The molecular weight excluding hydrogens is 208 g/mol. The van der Waals surface area contributed by atoms with Crippen LogP contribution in [0.4, 0.5) is 11.4 Å². The summed E-state index contributed by atoms with van der Waals surface area (Å²) in [5, 5.41) is 0. The normalized spacial score (nSPS) is 28.2. The molecule has 1 aromatic carbocycles. The maximum Gasteiger partial charge on any atom is 0.0370 e. The van der Waals surface area contributed by atoms with Gasteiger partial charge in [-0.05, 0) is 61.8 Å². The SMILES string of the molecule is Cc1cc(N2CC3CCCC(C3)C2)ccc1N. The number of fused-ring (bicyclic) bond motifs is 2. The molecule has 1 aliphatic carbocycles. The lowest BCUT2D eigenvalue weighted by Gasteiger charge is -2.42. The molecule has 3 rings (SSSR count). The number of piperidine rings is 1. The summed E-state index contributed by atoms with van der Waals surface area (Å²) in [7, 11) is 0. The van der Waals surface area contributed by atoms with Crippen LogP contribution in [0.3, 0.4) is 0 Å². The van der Waals surface area contributed by atoms with Gasteiger partial charge >= 0.3 is 0 Å². The highest BCUT2D eigenvalue weighted by atomic mass is 15.1. The Labute approximate surface area is 104 Å². The van der Waals surface area contributed by atoms with Crippen molar-refractivity contribution in [1.82, 2.24) is 0 Å². The summed E-state index contributed by atoms with van der Waals surface area (Å²) in [6.07, 6.45) is 5.77. The first kappa shape index (κ1) is 10.9. The number of rotatable bonds is 1. The van der Waals surface area contributed by atoms with E-state index in [1.807, 2.05) is 0 Å². The van der Waals surface area contributed by atoms with Crippen LogP contribution >= 0.6 is 0 Å². The number of nitrogens with zero attached hydrogens (tertiary/aromatic N) is 1. The molecule has 2 fully saturated rings. The molecule has 2 N–H and O–H groups in total. The van der Waals surface area contributed by atoms with Crippen molar-refractivity contribution in [3.05, 3.63) is 23.8 Å². The van der Waals surface area contributed by atoms with E-state index in [0.717, 1.165) is 17.5 Å². The Balaban J connectivity index is 1.81. The van der Waals surface area contributed by atoms with Gasteiger partial charge in [-0.2, -0.15) is 0 Å². The molecule has 2 unspecified atom stereocenters. The van der Waals surface area contributed by atoms with Gasteiger partial charge in [0.15, 0.2) is 0 Å². The summed E-state index contributed by atoms with van der Waals surface area (Å²) in [6, 6.07) is 6.48. The summed E-state index contributed by atoms with van der Waals surface area (Å²) >= 11 is 0. The molecule has 1 saturated heterocycles. The maximum absolute atomic E-state index is 5.89. The molecule has 0 spiro atoms. The Morgan fingerprint density at radius 2 is 1.88 bits per heavy atom. The van der Waals surface area contributed by atoms with Crippen molar-refractivity contribution >= 4 is 11.4 Å². The van der Waals surface area contributed by atoms with Gasteiger partial charge in [0.1, 0.15) is 0 Å². The minimum atomic E-state index is 0.908. The van der Waals surface area contributed by atoms with Gasteiger partial charge in [-0.15, -0.1) is 0 Å². The van der Waals surface area contributed by atoms with E-state index in [-0.39, 0.29) is 0 Å². The lowest BCUT2D eigenvalue weighted by molar-refractivity contribution is 0.231. The standard InChI is InChI=1S/C15H22N2/c1-11-7-14(5-6-15(11)16)17-9-12-3-2-4-13(8-12)10-17/h5-7,12-13H,2-4,8-10,16H2,1H3. The highest BCUT2D eigenvalue weighted by Crippen LogP contribution is 2.36. The van der Waals surface area contributed by atoms with Crippen molar-refractivity contribution in [3.8, 4) is 0 Å². The number of nitrogen functional groups attached to an aromatic ring is 1. The zero-order valence-electron chi connectivity index (χ0n) is 10.7. The van der Waals surface area contributed by atoms with Crippen molar-refractivity contribution in [2.24, 2.45) is 11.8 Å². The zero-order valence-corrected chi connectivity index (χ0v) is 10.7.